The second kappa shape index (κ2) is 11.3. The zero-order valence-electron chi connectivity index (χ0n) is 22.1. The summed E-state index contributed by atoms with van der Waals surface area (Å²) in [6.45, 7) is 0. The summed E-state index contributed by atoms with van der Waals surface area (Å²) < 4.78 is 35.6. The molecule has 1 amide bonds. The first-order chi connectivity index (χ1) is 20.1. The molecule has 0 saturated heterocycles. The Hall–Kier alpha value is -4.94. The van der Waals surface area contributed by atoms with Gasteiger partial charge >= 0.3 is 0 Å². The number of hydrogen-bond acceptors (Lipinski definition) is 4. The molecule has 1 aliphatic rings. The van der Waals surface area contributed by atoms with Crippen LogP contribution in [0.5, 0.6) is 0 Å². The molecular weight excluding hydrogens is 530 g/mol. The molecule has 5 aromatic rings. The van der Waals surface area contributed by atoms with Gasteiger partial charge in [0.1, 0.15) is 17.1 Å². The molecule has 0 fully saturated rings. The lowest BCUT2D eigenvalue weighted by Crippen LogP contribution is -2.31. The summed E-state index contributed by atoms with van der Waals surface area (Å²) in [5.41, 5.74) is 2.82. The molecule has 6 heteroatoms. The van der Waals surface area contributed by atoms with E-state index in [1.54, 1.807) is 42.5 Å². The molecule has 5 aromatic carbocycles. The molecule has 41 heavy (non-hydrogen) atoms. The minimum atomic E-state index is -4.18. The van der Waals surface area contributed by atoms with Crippen LogP contribution >= 0.6 is 0 Å². The summed E-state index contributed by atoms with van der Waals surface area (Å²) in [7, 11) is -4.18. The maximum absolute atomic E-state index is 14.5. The van der Waals surface area contributed by atoms with Gasteiger partial charge < -0.3 is 4.74 Å². The van der Waals surface area contributed by atoms with Crippen LogP contribution in [-0.2, 0) is 19.4 Å². The van der Waals surface area contributed by atoms with Crippen LogP contribution < -0.4 is 4.90 Å². The van der Waals surface area contributed by atoms with E-state index in [1.807, 2.05) is 109 Å². The quantitative estimate of drug-likeness (QED) is 0.201. The lowest BCUT2D eigenvalue weighted by molar-refractivity contribution is -0.118. The highest BCUT2D eigenvalue weighted by Gasteiger charge is 2.49. The first kappa shape index (κ1) is 26.3. The van der Waals surface area contributed by atoms with Crippen molar-refractivity contribution in [1.29, 1.82) is 0 Å². The summed E-state index contributed by atoms with van der Waals surface area (Å²) in [5.74, 6) is -0.708. The van der Waals surface area contributed by atoms with E-state index in [4.69, 9.17) is 4.74 Å². The van der Waals surface area contributed by atoms with Gasteiger partial charge in [-0.15, -0.1) is 0 Å². The Morgan fingerprint density at radius 1 is 0.585 bits per heavy atom. The second-order valence-corrected chi connectivity index (χ2v) is 11.6. The normalized spacial score (nSPS) is 15.4. The first-order valence-corrected chi connectivity index (χ1v) is 14.8. The number of para-hydroxylation sites is 1. The van der Waals surface area contributed by atoms with Gasteiger partial charge in [-0.2, -0.15) is 0 Å². The van der Waals surface area contributed by atoms with Gasteiger partial charge in [-0.3, -0.25) is 9.69 Å². The topological polar surface area (TPSA) is 63.7 Å². The number of rotatable bonds is 8. The minimum absolute atomic E-state index is 0.0828. The number of hydrogen-bond donors (Lipinski definition) is 0. The SMILES string of the molecule is O=C1C(OC(c2ccccc2)c2ccccc2)=C(S(=O)(=O)c2ccccc2)[C@@H](c2ccccc2)N1c1ccccc1. The Labute approximate surface area is 239 Å². The van der Waals surface area contributed by atoms with Gasteiger partial charge in [0.05, 0.1) is 4.90 Å². The molecule has 1 heterocycles. The van der Waals surface area contributed by atoms with E-state index in [9.17, 15) is 13.2 Å². The lowest BCUT2D eigenvalue weighted by atomic mass is 10.0. The summed E-state index contributed by atoms with van der Waals surface area (Å²) >= 11 is 0. The molecule has 0 bridgehead atoms. The van der Waals surface area contributed by atoms with Crippen LogP contribution in [0, 0.1) is 0 Å². The highest BCUT2D eigenvalue weighted by atomic mass is 32.2. The van der Waals surface area contributed by atoms with Crippen molar-refractivity contribution in [3.63, 3.8) is 0 Å². The number of amides is 1. The third-order valence-corrected chi connectivity index (χ3v) is 8.96. The molecule has 6 rings (SSSR count). The number of benzene rings is 5. The van der Waals surface area contributed by atoms with E-state index < -0.39 is 27.9 Å². The van der Waals surface area contributed by atoms with E-state index >= 15 is 0 Å². The average molecular weight is 558 g/mol. The fourth-order valence-corrected chi connectivity index (χ4v) is 6.85. The van der Waals surface area contributed by atoms with Gasteiger partial charge in [-0.05, 0) is 41.0 Å². The summed E-state index contributed by atoms with van der Waals surface area (Å²) in [5, 5.41) is 0. The Morgan fingerprint density at radius 2 is 1.02 bits per heavy atom. The van der Waals surface area contributed by atoms with Crippen molar-refractivity contribution >= 4 is 21.4 Å². The monoisotopic (exact) mass is 557 g/mol. The summed E-state index contributed by atoms with van der Waals surface area (Å²) in [4.78, 5) is 16.0. The average Bonchev–Trinajstić information content (AvgIpc) is 3.34. The van der Waals surface area contributed by atoms with Crippen molar-refractivity contribution in [2.75, 3.05) is 4.90 Å². The van der Waals surface area contributed by atoms with Gasteiger partial charge in [0.25, 0.3) is 5.91 Å². The van der Waals surface area contributed by atoms with E-state index in [-0.39, 0.29) is 15.6 Å². The van der Waals surface area contributed by atoms with Crippen LogP contribution in [0.4, 0.5) is 5.69 Å². The number of carbonyl (C=O) groups excluding carboxylic acids is 1. The van der Waals surface area contributed by atoms with Gasteiger partial charge in [-0.1, -0.05) is 127 Å². The fourth-order valence-electron chi connectivity index (χ4n) is 5.17. The molecule has 0 N–H and O–H groups in total. The van der Waals surface area contributed by atoms with Crippen molar-refractivity contribution in [3.05, 3.63) is 179 Å². The van der Waals surface area contributed by atoms with E-state index in [2.05, 4.69) is 0 Å². The largest absolute Gasteiger partial charge is 0.474 e. The molecule has 1 atom stereocenters. The van der Waals surface area contributed by atoms with Crippen molar-refractivity contribution in [3.8, 4) is 0 Å². The van der Waals surface area contributed by atoms with Crippen LogP contribution in [0.1, 0.15) is 28.8 Å². The standard InChI is InChI=1S/C35H27NO4S/c37-35-33(40-32(27-18-8-2-9-19-27)28-20-10-3-11-21-28)34(41(38,39)30-24-14-5-15-25-30)31(26-16-6-1-7-17-26)36(35)29-22-12-4-13-23-29/h1-25,31-32H/t31-/m1/s1. The fraction of sp³-hybridized carbons (Fsp3) is 0.0571. The molecule has 0 radical (unpaired) electrons. The minimum Gasteiger partial charge on any atom is -0.474 e. The lowest BCUT2D eigenvalue weighted by Gasteiger charge is -2.27. The number of nitrogens with zero attached hydrogens (tertiary/aromatic N) is 1. The molecular formula is C35H27NO4S. The molecule has 202 valence electrons. The number of sulfone groups is 1. The predicted octanol–water partition coefficient (Wildman–Crippen LogP) is 7.27. The van der Waals surface area contributed by atoms with Crippen LogP contribution in [0.3, 0.4) is 0 Å². The Balaban J connectivity index is 1.61. The highest BCUT2D eigenvalue weighted by molar-refractivity contribution is 7.95. The highest BCUT2D eigenvalue weighted by Crippen LogP contribution is 2.47. The van der Waals surface area contributed by atoms with Crippen LogP contribution in [-0.4, -0.2) is 14.3 Å². The Kier molecular flexibility index (Phi) is 7.23. The van der Waals surface area contributed by atoms with Crippen LogP contribution in [0.15, 0.2) is 167 Å². The van der Waals surface area contributed by atoms with E-state index in [0.29, 0.717) is 11.3 Å². The van der Waals surface area contributed by atoms with Crippen LogP contribution in [0.25, 0.3) is 0 Å². The molecule has 0 aliphatic carbocycles. The smallest absolute Gasteiger partial charge is 0.295 e. The van der Waals surface area contributed by atoms with Crippen molar-refractivity contribution in [2.45, 2.75) is 17.0 Å². The van der Waals surface area contributed by atoms with Gasteiger partial charge in [0, 0.05) is 5.69 Å². The molecule has 1 aliphatic heterocycles. The zero-order chi connectivity index (χ0) is 28.2. The predicted molar refractivity (Wildman–Crippen MR) is 160 cm³/mol. The maximum atomic E-state index is 14.5. The number of ether oxygens (including phenoxy) is 1. The van der Waals surface area contributed by atoms with Crippen molar-refractivity contribution in [1.82, 2.24) is 0 Å². The van der Waals surface area contributed by atoms with E-state index in [1.165, 1.54) is 4.90 Å². The third kappa shape index (κ3) is 5.06. The zero-order valence-corrected chi connectivity index (χ0v) is 22.9. The second-order valence-electron chi connectivity index (χ2n) is 9.65. The molecule has 0 unspecified atom stereocenters. The van der Waals surface area contributed by atoms with E-state index in [0.717, 1.165) is 11.1 Å². The first-order valence-electron chi connectivity index (χ1n) is 13.3. The maximum Gasteiger partial charge on any atom is 0.295 e. The van der Waals surface area contributed by atoms with Gasteiger partial charge in [0.2, 0.25) is 15.6 Å². The number of carbonyl (C=O) groups is 1. The van der Waals surface area contributed by atoms with Crippen molar-refractivity contribution in [2.24, 2.45) is 0 Å². The number of anilines is 1. The Morgan fingerprint density at radius 3 is 1.54 bits per heavy atom. The van der Waals surface area contributed by atoms with Gasteiger partial charge in [-0.25, -0.2) is 8.42 Å². The van der Waals surface area contributed by atoms with Crippen molar-refractivity contribution < 1.29 is 17.9 Å². The van der Waals surface area contributed by atoms with Crippen LogP contribution in [0.2, 0.25) is 0 Å². The molecule has 0 saturated carbocycles. The molecule has 0 aromatic heterocycles. The van der Waals surface area contributed by atoms with Gasteiger partial charge in [0.15, 0.2) is 0 Å². The summed E-state index contributed by atoms with van der Waals surface area (Å²) in [6, 6.07) is 44.6. The molecule has 5 nitrogen and oxygen atoms in total. The summed E-state index contributed by atoms with van der Waals surface area (Å²) in [6.07, 6.45) is -0.718. The Bertz CT molecular complexity index is 1740. The third-order valence-electron chi connectivity index (χ3n) is 7.08. The molecule has 0 spiro atoms.